The molecule has 2 bridgehead atoms. The van der Waals surface area contributed by atoms with E-state index < -0.39 is 0 Å². The lowest BCUT2D eigenvalue weighted by Gasteiger charge is -2.26. The van der Waals surface area contributed by atoms with Crippen molar-refractivity contribution in [2.24, 2.45) is 11.8 Å². The van der Waals surface area contributed by atoms with Crippen molar-refractivity contribution in [2.75, 3.05) is 0 Å². The Bertz CT molecular complexity index is 329. The summed E-state index contributed by atoms with van der Waals surface area (Å²) in [6.45, 7) is 1.87. The van der Waals surface area contributed by atoms with E-state index in [0.717, 1.165) is 12.3 Å². The molecule has 2 heteroatoms. The number of hydrogen-bond donors (Lipinski definition) is 0. The molecule has 0 N–H and O–H groups in total. The highest BCUT2D eigenvalue weighted by molar-refractivity contribution is 5.69. The van der Waals surface area contributed by atoms with Crippen LogP contribution in [-0.2, 0) is 9.53 Å². The number of esters is 1. The second-order valence-electron chi connectivity index (χ2n) is 5.08. The molecule has 0 aromatic carbocycles. The molecule has 2 saturated carbocycles. The fourth-order valence-corrected chi connectivity index (χ4v) is 3.72. The second kappa shape index (κ2) is 3.36. The summed E-state index contributed by atoms with van der Waals surface area (Å²) in [6, 6.07) is 0. The zero-order valence-corrected chi connectivity index (χ0v) is 9.29. The van der Waals surface area contributed by atoms with Gasteiger partial charge in [-0.05, 0) is 31.6 Å². The third-order valence-corrected chi connectivity index (χ3v) is 4.36. The van der Waals surface area contributed by atoms with Gasteiger partial charge in [-0.3, -0.25) is 4.79 Å². The van der Waals surface area contributed by atoms with Crippen molar-refractivity contribution in [3.63, 3.8) is 0 Å². The average Bonchev–Trinajstić information content (AvgIpc) is 2.87. The summed E-state index contributed by atoms with van der Waals surface area (Å²) in [5, 5.41) is 0. The maximum Gasteiger partial charge on any atom is 0.305 e. The third-order valence-electron chi connectivity index (χ3n) is 4.36. The molecule has 3 aliphatic rings. The number of allylic oxidation sites excluding steroid dienone is 1. The Hall–Kier alpha value is -0.790. The fraction of sp³-hybridized carbons (Fsp3) is 0.769. The van der Waals surface area contributed by atoms with Crippen molar-refractivity contribution in [1.29, 1.82) is 0 Å². The first kappa shape index (κ1) is 9.44. The van der Waals surface area contributed by atoms with Gasteiger partial charge in [-0.25, -0.2) is 0 Å². The molecule has 3 aliphatic carbocycles. The highest BCUT2D eigenvalue weighted by Gasteiger charge is 2.48. The van der Waals surface area contributed by atoms with Gasteiger partial charge in [0.25, 0.3) is 0 Å². The SMILES string of the molecule is CCC(=O)OC1CC2=C3CCCC3C1C2. The van der Waals surface area contributed by atoms with Crippen molar-refractivity contribution in [3.8, 4) is 0 Å². The zero-order valence-electron chi connectivity index (χ0n) is 9.29. The van der Waals surface area contributed by atoms with Crippen LogP contribution < -0.4 is 0 Å². The van der Waals surface area contributed by atoms with Crippen LogP contribution in [0.4, 0.5) is 0 Å². The first-order valence-electron chi connectivity index (χ1n) is 6.20. The first-order chi connectivity index (χ1) is 7.29. The van der Waals surface area contributed by atoms with Gasteiger partial charge in [0.1, 0.15) is 6.10 Å². The molecule has 0 aliphatic heterocycles. The molecule has 2 nitrogen and oxygen atoms in total. The van der Waals surface area contributed by atoms with Gasteiger partial charge in [0, 0.05) is 18.8 Å². The van der Waals surface area contributed by atoms with Gasteiger partial charge < -0.3 is 4.74 Å². The zero-order chi connectivity index (χ0) is 10.4. The number of fused-ring (bicyclic) bond motifs is 4. The van der Waals surface area contributed by atoms with E-state index in [1.54, 1.807) is 11.1 Å². The molecule has 3 rings (SSSR count). The van der Waals surface area contributed by atoms with Crippen LogP contribution >= 0.6 is 0 Å². The Morgan fingerprint density at radius 1 is 1.47 bits per heavy atom. The lowest BCUT2D eigenvalue weighted by atomic mass is 9.86. The summed E-state index contributed by atoms with van der Waals surface area (Å²) >= 11 is 0. The van der Waals surface area contributed by atoms with Crippen LogP contribution in [0.2, 0.25) is 0 Å². The Morgan fingerprint density at radius 2 is 2.33 bits per heavy atom. The van der Waals surface area contributed by atoms with Crippen LogP contribution in [0.3, 0.4) is 0 Å². The van der Waals surface area contributed by atoms with Crippen molar-refractivity contribution in [3.05, 3.63) is 11.1 Å². The summed E-state index contributed by atoms with van der Waals surface area (Å²) in [5.41, 5.74) is 3.38. The van der Waals surface area contributed by atoms with E-state index in [1.807, 2.05) is 6.92 Å². The third kappa shape index (κ3) is 1.34. The number of carbonyl (C=O) groups is 1. The van der Waals surface area contributed by atoms with Gasteiger partial charge >= 0.3 is 5.97 Å². The Labute approximate surface area is 90.7 Å². The van der Waals surface area contributed by atoms with Crippen LogP contribution in [0.15, 0.2) is 11.1 Å². The van der Waals surface area contributed by atoms with Gasteiger partial charge in [-0.1, -0.05) is 18.1 Å². The molecule has 15 heavy (non-hydrogen) atoms. The number of carbonyl (C=O) groups excluding carboxylic acids is 1. The van der Waals surface area contributed by atoms with Crippen LogP contribution in [0.1, 0.15) is 45.4 Å². The standard InChI is InChI=1S/C13H18O2/c1-2-13(14)15-12-7-8-6-11(12)10-5-3-4-9(8)10/h10-12H,2-7H2,1H3. The summed E-state index contributed by atoms with van der Waals surface area (Å²) in [7, 11) is 0. The van der Waals surface area contributed by atoms with Gasteiger partial charge in [-0.2, -0.15) is 0 Å². The quantitative estimate of drug-likeness (QED) is 0.513. The molecule has 0 aromatic rings. The molecular weight excluding hydrogens is 188 g/mol. The van der Waals surface area contributed by atoms with Gasteiger partial charge in [0.05, 0.1) is 0 Å². The smallest absolute Gasteiger partial charge is 0.305 e. The highest BCUT2D eigenvalue weighted by Crippen LogP contribution is 2.55. The van der Waals surface area contributed by atoms with E-state index >= 15 is 0 Å². The van der Waals surface area contributed by atoms with Crippen molar-refractivity contribution >= 4 is 5.97 Å². The molecular formula is C13H18O2. The Kier molecular flexibility index (Phi) is 2.11. The van der Waals surface area contributed by atoms with Crippen molar-refractivity contribution < 1.29 is 9.53 Å². The second-order valence-corrected chi connectivity index (χ2v) is 5.08. The first-order valence-corrected chi connectivity index (χ1v) is 6.20. The lowest BCUT2D eigenvalue weighted by molar-refractivity contribution is -0.151. The van der Waals surface area contributed by atoms with E-state index in [-0.39, 0.29) is 12.1 Å². The van der Waals surface area contributed by atoms with E-state index in [0.29, 0.717) is 12.3 Å². The molecule has 3 unspecified atom stereocenters. The maximum absolute atomic E-state index is 11.3. The average molecular weight is 206 g/mol. The Morgan fingerprint density at radius 3 is 3.13 bits per heavy atom. The number of rotatable bonds is 2. The number of hydrogen-bond acceptors (Lipinski definition) is 2. The fourth-order valence-electron chi connectivity index (χ4n) is 3.72. The molecule has 0 aromatic heterocycles. The van der Waals surface area contributed by atoms with Crippen LogP contribution in [0.25, 0.3) is 0 Å². The summed E-state index contributed by atoms with van der Waals surface area (Å²) in [4.78, 5) is 11.3. The lowest BCUT2D eigenvalue weighted by Crippen LogP contribution is -2.28. The van der Waals surface area contributed by atoms with Crippen LogP contribution in [0.5, 0.6) is 0 Å². The maximum atomic E-state index is 11.3. The predicted octanol–water partition coefficient (Wildman–Crippen LogP) is 2.83. The number of ether oxygens (including phenoxy) is 1. The van der Waals surface area contributed by atoms with E-state index in [2.05, 4.69) is 0 Å². The topological polar surface area (TPSA) is 26.3 Å². The molecule has 0 spiro atoms. The molecule has 82 valence electrons. The molecule has 0 saturated heterocycles. The van der Waals surface area contributed by atoms with Gasteiger partial charge in [0.2, 0.25) is 0 Å². The minimum Gasteiger partial charge on any atom is -0.462 e. The van der Waals surface area contributed by atoms with E-state index in [1.165, 1.54) is 25.7 Å². The largest absolute Gasteiger partial charge is 0.462 e. The van der Waals surface area contributed by atoms with E-state index in [9.17, 15) is 4.79 Å². The highest BCUT2D eigenvalue weighted by atomic mass is 16.5. The minimum absolute atomic E-state index is 0.0207. The van der Waals surface area contributed by atoms with Crippen LogP contribution in [-0.4, -0.2) is 12.1 Å². The van der Waals surface area contributed by atoms with Crippen molar-refractivity contribution in [2.45, 2.75) is 51.6 Å². The molecule has 0 amide bonds. The molecule has 2 fully saturated rings. The minimum atomic E-state index is -0.0207. The van der Waals surface area contributed by atoms with E-state index in [4.69, 9.17) is 4.74 Å². The van der Waals surface area contributed by atoms with Crippen LogP contribution in [0, 0.1) is 11.8 Å². The summed E-state index contributed by atoms with van der Waals surface area (Å²) in [5.74, 6) is 1.41. The normalized spacial score (nSPS) is 37.3. The Balaban J connectivity index is 1.75. The monoisotopic (exact) mass is 206 g/mol. The summed E-state index contributed by atoms with van der Waals surface area (Å²) < 4.78 is 5.53. The molecule has 0 radical (unpaired) electrons. The van der Waals surface area contributed by atoms with Gasteiger partial charge in [0.15, 0.2) is 0 Å². The van der Waals surface area contributed by atoms with Crippen molar-refractivity contribution in [1.82, 2.24) is 0 Å². The van der Waals surface area contributed by atoms with Gasteiger partial charge in [-0.15, -0.1) is 0 Å². The summed E-state index contributed by atoms with van der Waals surface area (Å²) in [6.07, 6.45) is 7.02. The molecule has 3 atom stereocenters. The predicted molar refractivity (Wildman–Crippen MR) is 57.3 cm³/mol. The molecule has 0 heterocycles.